The van der Waals surface area contributed by atoms with Gasteiger partial charge in [0.05, 0.1) is 36.8 Å². The number of hydrogen-bond acceptors (Lipinski definition) is 10. The van der Waals surface area contributed by atoms with Gasteiger partial charge in [-0.2, -0.15) is 5.26 Å². The number of rotatable bonds is 4. The summed E-state index contributed by atoms with van der Waals surface area (Å²) in [6, 6.07) is 9.01. The van der Waals surface area contributed by atoms with Crippen LogP contribution in [-0.4, -0.2) is 42.5 Å². The number of ether oxygens (including phenoxy) is 1. The number of nitriles is 1. The summed E-state index contributed by atoms with van der Waals surface area (Å²) in [5.74, 6) is -0.295. The van der Waals surface area contributed by atoms with Crippen molar-refractivity contribution in [2.75, 3.05) is 48.1 Å². The minimum Gasteiger partial charge on any atom is -0.397 e. The Labute approximate surface area is 202 Å². The summed E-state index contributed by atoms with van der Waals surface area (Å²) in [6.45, 7) is 2.46. The van der Waals surface area contributed by atoms with Gasteiger partial charge in [0.2, 0.25) is 5.27 Å². The fourth-order valence-electron chi connectivity index (χ4n) is 3.71. The SMILES string of the molecule is N#Cc1c(N)nc2sc(C(=O)Nc3c[n+](N4CCOCC4)no3)c(N)c2c1-c1ccc(Cl)cc1. The highest BCUT2D eigenvalue weighted by atomic mass is 35.5. The largest absolute Gasteiger partial charge is 0.397 e. The molecule has 1 aliphatic heterocycles. The number of nitrogens with zero attached hydrogens (tertiary/aromatic N) is 5. The van der Waals surface area contributed by atoms with Crippen LogP contribution in [0.15, 0.2) is 35.0 Å². The first-order chi connectivity index (χ1) is 16.5. The van der Waals surface area contributed by atoms with Crippen LogP contribution in [0.5, 0.6) is 0 Å². The van der Waals surface area contributed by atoms with E-state index in [1.165, 1.54) is 4.79 Å². The lowest BCUT2D eigenvalue weighted by Gasteiger charge is -2.18. The van der Waals surface area contributed by atoms with Crippen LogP contribution < -0.4 is 26.6 Å². The van der Waals surface area contributed by atoms with Crippen molar-refractivity contribution >= 4 is 56.5 Å². The van der Waals surface area contributed by atoms with Crippen LogP contribution in [0.25, 0.3) is 21.3 Å². The second kappa shape index (κ2) is 8.79. The van der Waals surface area contributed by atoms with Crippen LogP contribution in [0, 0.1) is 11.3 Å². The lowest BCUT2D eigenvalue weighted by molar-refractivity contribution is -0.759. The maximum atomic E-state index is 13.1. The van der Waals surface area contributed by atoms with E-state index >= 15 is 0 Å². The van der Waals surface area contributed by atoms with Crippen molar-refractivity contribution in [3.8, 4) is 17.2 Å². The molecule has 1 amide bonds. The Balaban J connectivity index is 1.52. The van der Waals surface area contributed by atoms with Gasteiger partial charge in [-0.15, -0.1) is 16.3 Å². The summed E-state index contributed by atoms with van der Waals surface area (Å²) in [7, 11) is 0. The van der Waals surface area contributed by atoms with E-state index in [2.05, 4.69) is 21.6 Å². The molecule has 0 atom stereocenters. The van der Waals surface area contributed by atoms with Gasteiger partial charge in [-0.25, -0.2) is 4.98 Å². The number of morpholine rings is 1. The zero-order valence-corrected chi connectivity index (χ0v) is 19.2. The number of anilines is 3. The van der Waals surface area contributed by atoms with E-state index in [-0.39, 0.29) is 27.8 Å². The van der Waals surface area contributed by atoms with Gasteiger partial charge in [0.1, 0.15) is 27.2 Å². The first-order valence-corrected chi connectivity index (χ1v) is 11.4. The lowest BCUT2D eigenvalue weighted by Crippen LogP contribution is -2.62. The van der Waals surface area contributed by atoms with Crippen molar-refractivity contribution < 1.29 is 18.8 Å². The second-order valence-electron chi connectivity index (χ2n) is 7.40. The highest BCUT2D eigenvalue weighted by Gasteiger charge is 2.27. The molecule has 1 saturated heterocycles. The van der Waals surface area contributed by atoms with Gasteiger partial charge in [0.15, 0.2) is 0 Å². The predicted octanol–water partition coefficient (Wildman–Crippen LogP) is 2.15. The van der Waals surface area contributed by atoms with Gasteiger partial charge in [-0.1, -0.05) is 23.7 Å². The highest BCUT2D eigenvalue weighted by molar-refractivity contribution is 7.21. The number of nitrogens with two attached hydrogens (primary N) is 2. The van der Waals surface area contributed by atoms with E-state index in [1.54, 1.807) is 30.5 Å². The molecule has 0 spiro atoms. The molecule has 5 rings (SSSR count). The molecule has 13 heteroatoms. The van der Waals surface area contributed by atoms with Crippen molar-refractivity contribution in [2.45, 2.75) is 0 Å². The number of benzene rings is 1. The standard InChI is InChI=1S/C21H17ClN8O3S/c22-12-3-1-11(2-4-12)15-13(9-23)19(25)27-21-16(15)17(24)18(34-21)20(31)26-14-10-30(28-33-14)29-5-7-32-8-6-29/h1-4,10H,5-8H2,(H4-,24,25,26,27,28,31)/p+1. The lowest BCUT2D eigenvalue weighted by atomic mass is 9.97. The van der Waals surface area contributed by atoms with Gasteiger partial charge in [-0.3, -0.25) is 14.6 Å². The number of fused-ring (bicyclic) bond motifs is 1. The van der Waals surface area contributed by atoms with Crippen LogP contribution in [0.3, 0.4) is 0 Å². The van der Waals surface area contributed by atoms with E-state index < -0.39 is 5.91 Å². The molecule has 172 valence electrons. The fourth-order valence-corrected chi connectivity index (χ4v) is 4.84. The molecule has 0 aliphatic carbocycles. The Morgan fingerprint density at radius 3 is 2.71 bits per heavy atom. The number of aromatic nitrogens is 3. The third-order valence-corrected chi connectivity index (χ3v) is 6.68. The Kier molecular flexibility index (Phi) is 5.66. The molecule has 4 aromatic rings. The van der Waals surface area contributed by atoms with Gasteiger partial charge in [-0.05, 0) is 17.7 Å². The number of carbonyl (C=O) groups is 1. The van der Waals surface area contributed by atoms with E-state index in [9.17, 15) is 10.1 Å². The zero-order valence-electron chi connectivity index (χ0n) is 17.6. The molecule has 4 heterocycles. The average Bonchev–Trinajstić information content (AvgIpc) is 3.44. The molecule has 1 fully saturated rings. The number of nitrogen functional groups attached to an aromatic ring is 2. The maximum Gasteiger partial charge on any atom is 0.306 e. The average molecular weight is 498 g/mol. The Bertz CT molecular complexity index is 1440. The first kappa shape index (κ1) is 21.9. The Hall–Kier alpha value is -3.92. The zero-order chi connectivity index (χ0) is 23.8. The number of carbonyl (C=O) groups excluding carboxylic acids is 1. The summed E-state index contributed by atoms with van der Waals surface area (Å²) in [5.41, 5.74) is 14.0. The smallest absolute Gasteiger partial charge is 0.306 e. The molecule has 5 N–H and O–H groups in total. The summed E-state index contributed by atoms with van der Waals surface area (Å²) >= 11 is 7.10. The van der Waals surface area contributed by atoms with Crippen molar-refractivity contribution in [3.05, 3.63) is 45.9 Å². The van der Waals surface area contributed by atoms with Crippen LogP contribution in [0.2, 0.25) is 5.02 Å². The van der Waals surface area contributed by atoms with E-state index in [0.29, 0.717) is 52.7 Å². The number of thiophene rings is 1. The molecular weight excluding hydrogens is 480 g/mol. The van der Waals surface area contributed by atoms with Crippen molar-refractivity contribution in [2.24, 2.45) is 0 Å². The van der Waals surface area contributed by atoms with Crippen molar-refractivity contribution in [3.63, 3.8) is 0 Å². The summed E-state index contributed by atoms with van der Waals surface area (Å²) in [5, 5.41) is 19.3. The molecule has 0 bridgehead atoms. The van der Waals surface area contributed by atoms with Gasteiger partial charge in [0, 0.05) is 16.0 Å². The third-order valence-electron chi connectivity index (χ3n) is 5.33. The molecule has 34 heavy (non-hydrogen) atoms. The number of amides is 1. The maximum absolute atomic E-state index is 13.1. The van der Waals surface area contributed by atoms with Crippen molar-refractivity contribution in [1.29, 1.82) is 5.26 Å². The third kappa shape index (κ3) is 3.86. The number of halogens is 1. The minimum absolute atomic E-state index is 0.0509. The highest BCUT2D eigenvalue weighted by Crippen LogP contribution is 2.42. The molecule has 1 aromatic carbocycles. The number of pyridine rings is 1. The van der Waals surface area contributed by atoms with Crippen LogP contribution >= 0.6 is 22.9 Å². The van der Waals surface area contributed by atoms with E-state index in [4.69, 9.17) is 32.3 Å². The molecular formula is C21H18ClN8O3S+. The molecule has 3 aromatic heterocycles. The fraction of sp³-hybridized carbons (Fsp3) is 0.190. The molecule has 11 nitrogen and oxygen atoms in total. The summed E-state index contributed by atoms with van der Waals surface area (Å²) < 4.78 is 10.6. The first-order valence-electron chi connectivity index (χ1n) is 10.2. The quantitative estimate of drug-likeness (QED) is 0.359. The summed E-state index contributed by atoms with van der Waals surface area (Å²) in [6.07, 6.45) is 1.57. The van der Waals surface area contributed by atoms with Crippen molar-refractivity contribution in [1.82, 2.24) is 10.3 Å². The van der Waals surface area contributed by atoms with Crippen LogP contribution in [0.1, 0.15) is 15.2 Å². The molecule has 0 unspecified atom stereocenters. The number of nitrogens with one attached hydrogen (secondary N) is 1. The molecule has 1 aliphatic rings. The van der Waals surface area contributed by atoms with Crippen LogP contribution in [-0.2, 0) is 4.74 Å². The molecule has 0 radical (unpaired) electrons. The topological polar surface area (TPSA) is 160 Å². The number of hydrogen-bond donors (Lipinski definition) is 3. The minimum atomic E-state index is -0.495. The summed E-state index contributed by atoms with van der Waals surface area (Å²) in [4.78, 5) is 19.6. The van der Waals surface area contributed by atoms with Gasteiger partial charge < -0.3 is 16.2 Å². The monoisotopic (exact) mass is 497 g/mol. The molecule has 0 saturated carbocycles. The van der Waals surface area contributed by atoms with E-state index in [0.717, 1.165) is 11.3 Å². The van der Waals surface area contributed by atoms with Gasteiger partial charge in [0.25, 0.3) is 12.1 Å². The Morgan fingerprint density at radius 1 is 1.26 bits per heavy atom. The van der Waals surface area contributed by atoms with Gasteiger partial charge >= 0.3 is 5.88 Å². The Morgan fingerprint density at radius 2 is 2.00 bits per heavy atom. The van der Waals surface area contributed by atoms with E-state index in [1.807, 2.05) is 5.01 Å². The van der Waals surface area contributed by atoms with Crippen LogP contribution in [0.4, 0.5) is 17.4 Å². The normalized spacial score (nSPS) is 13.7. The predicted molar refractivity (Wildman–Crippen MR) is 127 cm³/mol. The second-order valence-corrected chi connectivity index (χ2v) is 8.83.